The predicted molar refractivity (Wildman–Crippen MR) is 46.7 cm³/mol. The molecule has 0 fully saturated rings. The van der Waals surface area contributed by atoms with E-state index in [1.165, 1.54) is 11.5 Å². The Bertz CT molecular complexity index is 186. The van der Waals surface area contributed by atoms with Crippen molar-refractivity contribution in [3.05, 3.63) is 11.3 Å². The van der Waals surface area contributed by atoms with Crippen molar-refractivity contribution in [3.8, 4) is 0 Å². The fourth-order valence-corrected chi connectivity index (χ4v) is 1.67. The van der Waals surface area contributed by atoms with Gasteiger partial charge in [0.25, 0.3) is 0 Å². The first-order valence-electron chi connectivity index (χ1n) is 3.12. The molecule has 1 rings (SSSR count). The molecule has 0 amide bonds. The lowest BCUT2D eigenvalue weighted by Crippen LogP contribution is -2.03. The van der Waals surface area contributed by atoms with Gasteiger partial charge in [-0.1, -0.05) is 29.8 Å². The first kappa shape index (κ1) is 8.14. The molecule has 1 aromatic rings. The average Bonchev–Trinajstić information content (AvgIpc) is 2.36. The molecule has 0 radical (unpaired) electrons. The summed E-state index contributed by atoms with van der Waals surface area (Å²) in [5.41, 5.74) is 0. The maximum atomic E-state index is 4.11. The van der Waals surface area contributed by atoms with Gasteiger partial charge in [0, 0.05) is 10.7 Å². The number of rotatable bonds is 2. The van der Waals surface area contributed by atoms with Crippen molar-refractivity contribution in [3.63, 3.8) is 0 Å². The zero-order valence-electron chi connectivity index (χ0n) is 5.91. The molecule has 0 bridgehead atoms. The highest BCUT2D eigenvalue weighted by Gasteiger charge is 2.13. The van der Waals surface area contributed by atoms with E-state index >= 15 is 0 Å². The van der Waals surface area contributed by atoms with Crippen molar-refractivity contribution in [2.45, 2.75) is 24.6 Å². The van der Waals surface area contributed by atoms with Crippen LogP contribution in [-0.4, -0.2) is 14.2 Å². The maximum Gasteiger partial charge on any atom is 0.129 e. The molecule has 2 atom stereocenters. The first-order chi connectivity index (χ1) is 4.72. The van der Waals surface area contributed by atoms with Gasteiger partial charge < -0.3 is 0 Å². The highest BCUT2D eigenvalue weighted by Crippen LogP contribution is 2.23. The molecule has 0 saturated carbocycles. The highest BCUT2D eigenvalue weighted by molar-refractivity contribution is 9.09. The normalized spacial score (nSPS) is 16.7. The Labute approximate surface area is 73.0 Å². The summed E-state index contributed by atoms with van der Waals surface area (Å²) in [7, 11) is 0. The van der Waals surface area contributed by atoms with E-state index in [0.29, 0.717) is 10.7 Å². The predicted octanol–water partition coefficient (Wildman–Crippen LogP) is 2.43. The van der Waals surface area contributed by atoms with Crippen LogP contribution in [0.25, 0.3) is 0 Å². The van der Waals surface area contributed by atoms with Gasteiger partial charge in [-0.25, -0.2) is 4.98 Å². The molecule has 2 nitrogen and oxygen atoms in total. The van der Waals surface area contributed by atoms with E-state index < -0.39 is 0 Å². The van der Waals surface area contributed by atoms with Gasteiger partial charge in [-0.3, -0.25) is 0 Å². The van der Waals surface area contributed by atoms with E-state index in [-0.39, 0.29) is 0 Å². The van der Waals surface area contributed by atoms with Crippen LogP contribution in [0.15, 0.2) is 6.33 Å². The maximum absolute atomic E-state index is 4.11. The minimum absolute atomic E-state index is 0.465. The minimum Gasteiger partial charge on any atom is -0.228 e. The van der Waals surface area contributed by atoms with Crippen molar-refractivity contribution in [2.24, 2.45) is 0 Å². The summed E-state index contributed by atoms with van der Waals surface area (Å²) >= 11 is 4.97. The van der Waals surface area contributed by atoms with E-state index in [4.69, 9.17) is 0 Å². The fourth-order valence-electron chi connectivity index (χ4n) is 0.579. The Morgan fingerprint density at radius 1 is 1.60 bits per heavy atom. The SMILES string of the molecule is CC(Br)C(C)c1ncns1. The first-order valence-corrected chi connectivity index (χ1v) is 4.81. The summed E-state index contributed by atoms with van der Waals surface area (Å²) in [5.74, 6) is 0.465. The third-order valence-electron chi connectivity index (χ3n) is 1.46. The van der Waals surface area contributed by atoms with Crippen LogP contribution in [-0.2, 0) is 0 Å². The zero-order chi connectivity index (χ0) is 7.56. The number of hydrogen-bond donors (Lipinski definition) is 0. The lowest BCUT2D eigenvalue weighted by atomic mass is 10.1. The van der Waals surface area contributed by atoms with Gasteiger partial charge in [-0.15, -0.1) is 0 Å². The lowest BCUT2D eigenvalue weighted by Gasteiger charge is -2.08. The molecule has 0 aliphatic rings. The molecule has 0 spiro atoms. The summed E-state index contributed by atoms with van der Waals surface area (Å²) in [6.45, 7) is 4.26. The largest absolute Gasteiger partial charge is 0.228 e. The van der Waals surface area contributed by atoms with E-state index in [9.17, 15) is 0 Å². The number of hydrogen-bond acceptors (Lipinski definition) is 3. The van der Waals surface area contributed by atoms with Crippen LogP contribution >= 0.6 is 27.5 Å². The molecule has 1 heterocycles. The molecule has 0 saturated heterocycles. The summed E-state index contributed by atoms with van der Waals surface area (Å²) in [5, 5.41) is 1.10. The van der Waals surface area contributed by atoms with Crippen molar-refractivity contribution in [1.82, 2.24) is 9.36 Å². The van der Waals surface area contributed by atoms with Crippen LogP contribution < -0.4 is 0 Å². The average molecular weight is 221 g/mol. The number of nitrogens with zero attached hydrogens (tertiary/aromatic N) is 2. The second kappa shape index (κ2) is 3.44. The molecule has 0 N–H and O–H groups in total. The molecule has 0 aliphatic carbocycles. The molecule has 0 aromatic carbocycles. The molecule has 2 unspecified atom stereocenters. The highest BCUT2D eigenvalue weighted by atomic mass is 79.9. The third-order valence-corrected chi connectivity index (χ3v) is 3.11. The van der Waals surface area contributed by atoms with Crippen LogP contribution in [0.4, 0.5) is 0 Å². The summed E-state index contributed by atoms with van der Waals surface area (Å²) < 4.78 is 3.94. The zero-order valence-corrected chi connectivity index (χ0v) is 8.32. The topological polar surface area (TPSA) is 25.8 Å². The number of alkyl halides is 1. The van der Waals surface area contributed by atoms with Crippen molar-refractivity contribution in [2.75, 3.05) is 0 Å². The molecule has 0 aliphatic heterocycles. The smallest absolute Gasteiger partial charge is 0.129 e. The lowest BCUT2D eigenvalue weighted by molar-refractivity contribution is 0.753. The van der Waals surface area contributed by atoms with Gasteiger partial charge in [0.1, 0.15) is 11.3 Å². The Hall–Kier alpha value is 0.0400. The number of halogens is 1. The Balaban J connectivity index is 2.68. The molecule has 10 heavy (non-hydrogen) atoms. The summed E-state index contributed by atoms with van der Waals surface area (Å²) in [4.78, 5) is 4.59. The van der Waals surface area contributed by atoms with Crippen LogP contribution in [0.3, 0.4) is 0 Å². The van der Waals surface area contributed by atoms with E-state index in [0.717, 1.165) is 5.01 Å². The van der Waals surface area contributed by atoms with Crippen molar-refractivity contribution in [1.29, 1.82) is 0 Å². The van der Waals surface area contributed by atoms with Gasteiger partial charge in [0.05, 0.1) is 0 Å². The number of aromatic nitrogens is 2. The molecular formula is C6H9BrN2S. The van der Waals surface area contributed by atoms with Gasteiger partial charge in [0.15, 0.2) is 0 Å². The van der Waals surface area contributed by atoms with E-state index in [1.54, 1.807) is 6.33 Å². The van der Waals surface area contributed by atoms with Crippen molar-refractivity contribution >= 4 is 27.5 Å². The molecular weight excluding hydrogens is 212 g/mol. The van der Waals surface area contributed by atoms with Crippen molar-refractivity contribution < 1.29 is 0 Å². The Kier molecular flexibility index (Phi) is 2.80. The second-order valence-electron chi connectivity index (χ2n) is 2.25. The fraction of sp³-hybridized carbons (Fsp3) is 0.667. The van der Waals surface area contributed by atoms with Crippen LogP contribution in [0.5, 0.6) is 0 Å². The molecule has 1 aromatic heterocycles. The standard InChI is InChI=1S/C6H9BrN2S/c1-4(5(2)7)6-8-3-9-10-6/h3-5H,1-2H3. The Morgan fingerprint density at radius 2 is 2.30 bits per heavy atom. The third kappa shape index (κ3) is 1.76. The summed E-state index contributed by atoms with van der Waals surface area (Å²) in [6.07, 6.45) is 1.60. The van der Waals surface area contributed by atoms with Gasteiger partial charge >= 0.3 is 0 Å². The van der Waals surface area contributed by atoms with Crippen LogP contribution in [0.2, 0.25) is 0 Å². The van der Waals surface area contributed by atoms with E-state index in [1.807, 2.05) is 0 Å². The monoisotopic (exact) mass is 220 g/mol. The van der Waals surface area contributed by atoms with Gasteiger partial charge in [-0.2, -0.15) is 4.37 Å². The van der Waals surface area contributed by atoms with Gasteiger partial charge in [-0.05, 0) is 11.5 Å². The van der Waals surface area contributed by atoms with Crippen LogP contribution in [0.1, 0.15) is 24.8 Å². The molecule has 4 heteroatoms. The second-order valence-corrected chi connectivity index (χ2v) is 4.50. The minimum atomic E-state index is 0.465. The summed E-state index contributed by atoms with van der Waals surface area (Å²) in [6, 6.07) is 0. The van der Waals surface area contributed by atoms with Crippen LogP contribution in [0, 0.1) is 0 Å². The quantitative estimate of drug-likeness (QED) is 0.716. The molecule has 56 valence electrons. The van der Waals surface area contributed by atoms with E-state index in [2.05, 4.69) is 39.1 Å². The van der Waals surface area contributed by atoms with Gasteiger partial charge in [0.2, 0.25) is 0 Å². The Morgan fingerprint density at radius 3 is 2.70 bits per heavy atom.